The molecule has 1 aliphatic rings. The molecule has 2 atom stereocenters. The molecule has 3 rings (SSSR count). The van der Waals surface area contributed by atoms with Gasteiger partial charge in [-0.3, -0.25) is 0 Å². The van der Waals surface area contributed by atoms with Crippen molar-refractivity contribution in [2.45, 2.75) is 38.2 Å². The zero-order valence-electron chi connectivity index (χ0n) is 13.1. The lowest BCUT2D eigenvalue weighted by molar-refractivity contribution is -0.0643. The zero-order valence-corrected chi connectivity index (χ0v) is 13.1. The molecule has 1 heterocycles. The summed E-state index contributed by atoms with van der Waals surface area (Å²) in [6, 6.07) is 7.19. The molecule has 0 saturated heterocycles. The fourth-order valence-corrected chi connectivity index (χ4v) is 2.89. The van der Waals surface area contributed by atoms with Crippen molar-refractivity contribution in [2.75, 3.05) is 6.61 Å². The standard InChI is InChI=1S/C17H21F2N3O/c1-12-9-21-22(10-12)14-2-4-15(5-3-14)23-11-13-8-17(18,19)7-6-16(13)20/h2-5,9-10,13,16H,6-8,11,20H2,1H3/t13-,16+/m1/s1. The number of halogens is 2. The van der Waals surface area contributed by atoms with Gasteiger partial charge in [0.2, 0.25) is 5.92 Å². The molecule has 0 radical (unpaired) electrons. The third-order valence-corrected chi connectivity index (χ3v) is 4.29. The van der Waals surface area contributed by atoms with Crippen LogP contribution in [0.3, 0.4) is 0 Å². The average Bonchev–Trinajstić information content (AvgIpc) is 2.95. The Bertz CT molecular complexity index is 654. The summed E-state index contributed by atoms with van der Waals surface area (Å²) in [6.45, 7) is 2.20. The van der Waals surface area contributed by atoms with E-state index in [9.17, 15) is 8.78 Å². The molecule has 1 saturated carbocycles. The second-order valence-corrected chi connectivity index (χ2v) is 6.29. The number of aromatic nitrogens is 2. The maximum atomic E-state index is 13.5. The Morgan fingerprint density at radius 2 is 2.09 bits per heavy atom. The third-order valence-electron chi connectivity index (χ3n) is 4.29. The molecule has 0 bridgehead atoms. The smallest absolute Gasteiger partial charge is 0.248 e. The molecule has 0 unspecified atom stereocenters. The Morgan fingerprint density at radius 3 is 2.74 bits per heavy atom. The molecule has 2 aromatic rings. The van der Waals surface area contributed by atoms with Crippen molar-refractivity contribution < 1.29 is 13.5 Å². The van der Waals surface area contributed by atoms with Gasteiger partial charge in [-0.2, -0.15) is 5.10 Å². The van der Waals surface area contributed by atoms with E-state index in [4.69, 9.17) is 10.5 Å². The molecule has 1 aromatic heterocycles. The molecule has 0 amide bonds. The second-order valence-electron chi connectivity index (χ2n) is 6.29. The van der Waals surface area contributed by atoms with Gasteiger partial charge in [0.25, 0.3) is 0 Å². The maximum absolute atomic E-state index is 13.5. The Morgan fingerprint density at radius 1 is 1.35 bits per heavy atom. The van der Waals surface area contributed by atoms with Crippen molar-refractivity contribution in [2.24, 2.45) is 11.7 Å². The van der Waals surface area contributed by atoms with Gasteiger partial charge in [-0.1, -0.05) is 0 Å². The monoisotopic (exact) mass is 321 g/mol. The van der Waals surface area contributed by atoms with E-state index in [1.54, 1.807) is 10.9 Å². The summed E-state index contributed by atoms with van der Waals surface area (Å²) in [5.74, 6) is -2.28. The highest BCUT2D eigenvalue weighted by atomic mass is 19.3. The Kier molecular flexibility index (Phi) is 4.35. The van der Waals surface area contributed by atoms with E-state index in [0.717, 1.165) is 11.3 Å². The summed E-state index contributed by atoms with van der Waals surface area (Å²) in [5, 5.41) is 4.24. The van der Waals surface area contributed by atoms with Gasteiger partial charge >= 0.3 is 0 Å². The number of aryl methyl sites for hydroxylation is 1. The van der Waals surface area contributed by atoms with Gasteiger partial charge < -0.3 is 10.5 Å². The molecule has 124 valence electrons. The van der Waals surface area contributed by atoms with Crippen molar-refractivity contribution in [3.8, 4) is 11.4 Å². The Labute approximate surface area is 134 Å². The van der Waals surface area contributed by atoms with Crippen LogP contribution in [0.25, 0.3) is 5.69 Å². The summed E-state index contributed by atoms with van der Waals surface area (Å²) < 4.78 is 34.4. The number of benzene rings is 1. The minimum Gasteiger partial charge on any atom is -0.493 e. The van der Waals surface area contributed by atoms with Crippen LogP contribution in [0.1, 0.15) is 24.8 Å². The number of ether oxygens (including phenoxy) is 1. The van der Waals surface area contributed by atoms with Crippen molar-refractivity contribution in [1.82, 2.24) is 9.78 Å². The first-order valence-corrected chi connectivity index (χ1v) is 7.81. The number of hydrogen-bond donors (Lipinski definition) is 1. The van der Waals surface area contributed by atoms with Crippen molar-refractivity contribution in [1.29, 1.82) is 0 Å². The van der Waals surface area contributed by atoms with E-state index < -0.39 is 5.92 Å². The lowest BCUT2D eigenvalue weighted by atomic mass is 9.83. The van der Waals surface area contributed by atoms with Gasteiger partial charge in [0.15, 0.2) is 0 Å². The highest BCUT2D eigenvalue weighted by Gasteiger charge is 2.40. The summed E-state index contributed by atoms with van der Waals surface area (Å²) in [4.78, 5) is 0. The zero-order chi connectivity index (χ0) is 16.4. The number of rotatable bonds is 4. The number of nitrogens with two attached hydrogens (primary N) is 1. The van der Waals surface area contributed by atoms with Crippen molar-refractivity contribution in [3.63, 3.8) is 0 Å². The molecular formula is C17H21F2N3O. The van der Waals surface area contributed by atoms with E-state index >= 15 is 0 Å². The minimum atomic E-state index is -2.62. The Balaban J connectivity index is 1.60. The van der Waals surface area contributed by atoms with E-state index in [2.05, 4.69) is 5.10 Å². The maximum Gasteiger partial charge on any atom is 0.248 e. The van der Waals surface area contributed by atoms with E-state index in [0.29, 0.717) is 12.2 Å². The van der Waals surface area contributed by atoms with E-state index in [1.165, 1.54) is 0 Å². The molecule has 0 aliphatic heterocycles. The second kappa shape index (κ2) is 6.28. The van der Waals surface area contributed by atoms with E-state index in [-0.39, 0.29) is 31.4 Å². The fourth-order valence-electron chi connectivity index (χ4n) is 2.89. The summed E-state index contributed by atoms with van der Waals surface area (Å²) in [6.07, 6.45) is 3.74. The molecular weight excluding hydrogens is 300 g/mol. The molecule has 4 nitrogen and oxygen atoms in total. The number of hydrogen-bond acceptors (Lipinski definition) is 3. The van der Waals surface area contributed by atoms with Gasteiger partial charge in [0.1, 0.15) is 5.75 Å². The molecule has 23 heavy (non-hydrogen) atoms. The first kappa shape index (κ1) is 15.9. The quantitative estimate of drug-likeness (QED) is 0.940. The largest absolute Gasteiger partial charge is 0.493 e. The van der Waals surface area contributed by atoms with Crippen LogP contribution in [-0.2, 0) is 0 Å². The summed E-state index contributed by atoms with van der Waals surface area (Å²) >= 11 is 0. The fraction of sp³-hybridized carbons (Fsp3) is 0.471. The SMILES string of the molecule is Cc1cnn(-c2ccc(OC[C@H]3CC(F)(F)CC[C@@H]3N)cc2)c1. The van der Waals surface area contributed by atoms with Crippen molar-refractivity contribution >= 4 is 0 Å². The number of alkyl halides is 2. The van der Waals surface area contributed by atoms with Gasteiger partial charge in [0.05, 0.1) is 18.5 Å². The van der Waals surface area contributed by atoms with Crippen LogP contribution in [0.2, 0.25) is 0 Å². The minimum absolute atomic E-state index is 0.122. The van der Waals surface area contributed by atoms with E-state index in [1.807, 2.05) is 37.4 Å². The highest BCUT2D eigenvalue weighted by molar-refractivity contribution is 5.37. The average molecular weight is 321 g/mol. The lowest BCUT2D eigenvalue weighted by Gasteiger charge is -2.33. The van der Waals surface area contributed by atoms with Gasteiger partial charge in [0, 0.05) is 31.0 Å². The predicted molar refractivity (Wildman–Crippen MR) is 84.1 cm³/mol. The van der Waals surface area contributed by atoms with Crippen LogP contribution in [0.5, 0.6) is 5.75 Å². The highest BCUT2D eigenvalue weighted by Crippen LogP contribution is 2.36. The first-order valence-electron chi connectivity index (χ1n) is 7.81. The molecule has 6 heteroatoms. The Hall–Kier alpha value is -1.95. The third kappa shape index (κ3) is 3.88. The molecule has 0 spiro atoms. The topological polar surface area (TPSA) is 53.1 Å². The molecule has 1 fully saturated rings. The number of nitrogens with zero attached hydrogens (tertiary/aromatic N) is 2. The van der Waals surface area contributed by atoms with Crippen LogP contribution in [0.4, 0.5) is 8.78 Å². The lowest BCUT2D eigenvalue weighted by Crippen LogP contribution is -2.43. The summed E-state index contributed by atoms with van der Waals surface area (Å²) in [5.41, 5.74) is 7.95. The summed E-state index contributed by atoms with van der Waals surface area (Å²) in [7, 11) is 0. The van der Waals surface area contributed by atoms with Gasteiger partial charge in [-0.05, 0) is 43.2 Å². The molecule has 1 aromatic carbocycles. The molecule has 2 N–H and O–H groups in total. The van der Waals surface area contributed by atoms with Crippen LogP contribution < -0.4 is 10.5 Å². The van der Waals surface area contributed by atoms with Crippen LogP contribution in [-0.4, -0.2) is 28.4 Å². The molecule has 1 aliphatic carbocycles. The van der Waals surface area contributed by atoms with Crippen LogP contribution >= 0.6 is 0 Å². The van der Waals surface area contributed by atoms with Crippen molar-refractivity contribution in [3.05, 3.63) is 42.2 Å². The first-order chi connectivity index (χ1) is 10.9. The van der Waals surface area contributed by atoms with Crippen LogP contribution in [0.15, 0.2) is 36.7 Å². The van der Waals surface area contributed by atoms with Gasteiger partial charge in [-0.25, -0.2) is 13.5 Å². The normalized spacial score (nSPS) is 23.7. The van der Waals surface area contributed by atoms with Crippen LogP contribution in [0, 0.1) is 12.8 Å². The van der Waals surface area contributed by atoms with Gasteiger partial charge in [-0.15, -0.1) is 0 Å². The predicted octanol–water partition coefficient (Wildman–Crippen LogP) is 3.32.